The van der Waals surface area contributed by atoms with Gasteiger partial charge in [-0.25, -0.2) is 0 Å². The fraction of sp³-hybridized carbons (Fsp3) is 0.154. The van der Waals surface area contributed by atoms with Gasteiger partial charge in [0, 0.05) is 32.1 Å². The van der Waals surface area contributed by atoms with E-state index in [0.717, 1.165) is 21.1 Å². The third kappa shape index (κ3) is 3.63. The van der Waals surface area contributed by atoms with Crippen molar-refractivity contribution in [3.8, 4) is 0 Å². The van der Waals surface area contributed by atoms with Gasteiger partial charge < -0.3 is 0 Å². The largest absolute Gasteiger partial charge is 0.261 e. The van der Waals surface area contributed by atoms with E-state index >= 15 is 0 Å². The molecule has 0 fully saturated rings. The number of pyridine rings is 1. The molecule has 2 rings (SSSR count). The van der Waals surface area contributed by atoms with Crippen molar-refractivity contribution in [1.29, 1.82) is 0 Å². The Hall–Kier alpha value is -0.190. The number of rotatable bonds is 3. The standard InChI is InChI=1S/C13H10Br3N/c14-9-4-5-12(15)11(7-9)13(16)8-10-3-1-2-6-17-10/h1-7,13H,8H2. The van der Waals surface area contributed by atoms with Crippen molar-refractivity contribution in [1.82, 2.24) is 4.98 Å². The summed E-state index contributed by atoms with van der Waals surface area (Å²) in [7, 11) is 0. The van der Waals surface area contributed by atoms with Crippen LogP contribution in [0, 0.1) is 0 Å². The van der Waals surface area contributed by atoms with Gasteiger partial charge >= 0.3 is 0 Å². The number of aromatic nitrogens is 1. The topological polar surface area (TPSA) is 12.9 Å². The van der Waals surface area contributed by atoms with Crippen molar-refractivity contribution < 1.29 is 0 Å². The summed E-state index contributed by atoms with van der Waals surface area (Å²) in [4.78, 5) is 4.59. The lowest BCUT2D eigenvalue weighted by Crippen LogP contribution is -1.98. The molecule has 0 amide bonds. The Labute approximate surface area is 126 Å². The molecule has 0 N–H and O–H groups in total. The van der Waals surface area contributed by atoms with E-state index in [0.29, 0.717) is 0 Å². The SMILES string of the molecule is Brc1ccc(Br)c(C(Br)Cc2ccccn2)c1. The molecule has 0 bridgehead atoms. The first-order valence-corrected chi connectivity index (χ1v) is 7.66. The predicted molar refractivity (Wildman–Crippen MR) is 81.5 cm³/mol. The monoisotopic (exact) mass is 417 g/mol. The Kier molecular flexibility index (Phi) is 4.77. The second kappa shape index (κ2) is 6.12. The van der Waals surface area contributed by atoms with Crippen LogP contribution in [0.4, 0.5) is 0 Å². The maximum atomic E-state index is 4.34. The van der Waals surface area contributed by atoms with Gasteiger partial charge in [-0.2, -0.15) is 0 Å². The second-order valence-corrected chi connectivity index (χ2v) is 6.53. The smallest absolute Gasteiger partial charge is 0.0462 e. The van der Waals surface area contributed by atoms with Gasteiger partial charge in [-0.3, -0.25) is 4.98 Å². The van der Waals surface area contributed by atoms with E-state index in [9.17, 15) is 0 Å². The van der Waals surface area contributed by atoms with Crippen LogP contribution >= 0.6 is 47.8 Å². The highest BCUT2D eigenvalue weighted by atomic mass is 79.9. The molecule has 1 aromatic carbocycles. The minimum Gasteiger partial charge on any atom is -0.261 e. The highest BCUT2D eigenvalue weighted by Crippen LogP contribution is 2.33. The highest BCUT2D eigenvalue weighted by Gasteiger charge is 2.12. The fourth-order valence-corrected chi connectivity index (χ4v) is 3.49. The third-order valence-corrected chi connectivity index (χ3v) is 4.44. The van der Waals surface area contributed by atoms with Crippen molar-refractivity contribution in [2.24, 2.45) is 0 Å². The molecule has 0 spiro atoms. The zero-order chi connectivity index (χ0) is 12.3. The second-order valence-electron chi connectivity index (χ2n) is 3.66. The first kappa shape index (κ1) is 13.2. The van der Waals surface area contributed by atoms with Crippen molar-refractivity contribution in [2.75, 3.05) is 0 Å². The summed E-state index contributed by atoms with van der Waals surface area (Å²) in [5.41, 5.74) is 2.31. The summed E-state index contributed by atoms with van der Waals surface area (Å²) >= 11 is 10.8. The van der Waals surface area contributed by atoms with Crippen LogP contribution in [0.5, 0.6) is 0 Å². The van der Waals surface area contributed by atoms with E-state index in [-0.39, 0.29) is 4.83 Å². The summed E-state index contributed by atoms with van der Waals surface area (Å²) in [6.45, 7) is 0. The van der Waals surface area contributed by atoms with Crippen molar-refractivity contribution >= 4 is 47.8 Å². The summed E-state index contributed by atoms with van der Waals surface area (Å²) in [6, 6.07) is 12.2. The number of hydrogen-bond donors (Lipinski definition) is 0. The molecular formula is C13H10Br3N. The average molecular weight is 420 g/mol. The molecule has 0 aliphatic carbocycles. The number of alkyl halides is 1. The lowest BCUT2D eigenvalue weighted by Gasteiger charge is -2.12. The van der Waals surface area contributed by atoms with Crippen molar-refractivity contribution in [3.05, 3.63) is 62.8 Å². The minimum atomic E-state index is 0.254. The van der Waals surface area contributed by atoms with Gasteiger partial charge in [0.1, 0.15) is 0 Å². The predicted octanol–water partition coefficient (Wildman–Crippen LogP) is 5.29. The van der Waals surface area contributed by atoms with Crippen LogP contribution in [0.3, 0.4) is 0 Å². The lowest BCUT2D eigenvalue weighted by molar-refractivity contribution is 0.900. The van der Waals surface area contributed by atoms with Gasteiger partial charge in [-0.15, -0.1) is 0 Å². The van der Waals surface area contributed by atoms with Gasteiger partial charge in [0.15, 0.2) is 0 Å². The van der Waals surface area contributed by atoms with E-state index in [4.69, 9.17) is 0 Å². The zero-order valence-electron chi connectivity index (χ0n) is 8.91. The summed E-state index contributed by atoms with van der Waals surface area (Å²) in [5.74, 6) is 0. The Balaban J connectivity index is 2.20. The third-order valence-electron chi connectivity index (χ3n) is 2.41. The molecule has 17 heavy (non-hydrogen) atoms. The lowest BCUT2D eigenvalue weighted by atomic mass is 10.1. The molecule has 1 aromatic heterocycles. The molecule has 0 radical (unpaired) electrons. The molecule has 2 aromatic rings. The molecule has 1 unspecified atom stereocenters. The molecule has 1 atom stereocenters. The molecule has 1 heterocycles. The van der Waals surface area contributed by atoms with Crippen LogP contribution in [0.15, 0.2) is 51.5 Å². The average Bonchev–Trinajstić information content (AvgIpc) is 2.33. The van der Waals surface area contributed by atoms with Gasteiger partial charge in [-0.05, 0) is 35.9 Å². The van der Waals surface area contributed by atoms with Crippen LogP contribution in [0.25, 0.3) is 0 Å². The molecule has 88 valence electrons. The maximum Gasteiger partial charge on any atom is 0.0462 e. The molecular weight excluding hydrogens is 410 g/mol. The Morgan fingerprint density at radius 3 is 2.65 bits per heavy atom. The van der Waals surface area contributed by atoms with Crippen LogP contribution < -0.4 is 0 Å². The number of hydrogen-bond acceptors (Lipinski definition) is 1. The quantitative estimate of drug-likeness (QED) is 0.616. The Morgan fingerprint density at radius 1 is 1.12 bits per heavy atom. The Bertz CT molecular complexity index is 499. The zero-order valence-corrected chi connectivity index (χ0v) is 13.7. The number of nitrogens with zero attached hydrogens (tertiary/aromatic N) is 1. The molecule has 0 aliphatic heterocycles. The van der Waals surface area contributed by atoms with Crippen LogP contribution in [0.1, 0.15) is 16.1 Å². The molecule has 0 saturated carbocycles. The van der Waals surface area contributed by atoms with E-state index < -0.39 is 0 Å². The van der Waals surface area contributed by atoms with Crippen molar-refractivity contribution in [2.45, 2.75) is 11.2 Å². The number of benzene rings is 1. The van der Waals surface area contributed by atoms with E-state index in [1.807, 2.05) is 36.5 Å². The van der Waals surface area contributed by atoms with Crippen LogP contribution in [-0.4, -0.2) is 4.98 Å². The fourth-order valence-electron chi connectivity index (χ4n) is 1.57. The molecule has 1 nitrogen and oxygen atoms in total. The van der Waals surface area contributed by atoms with E-state index in [1.165, 1.54) is 5.56 Å². The molecule has 0 saturated heterocycles. The van der Waals surface area contributed by atoms with Crippen LogP contribution in [0.2, 0.25) is 0 Å². The van der Waals surface area contributed by atoms with E-state index in [2.05, 4.69) is 58.8 Å². The van der Waals surface area contributed by atoms with E-state index in [1.54, 1.807) is 0 Å². The summed E-state index contributed by atoms with van der Waals surface area (Å²) in [6.07, 6.45) is 2.70. The van der Waals surface area contributed by atoms with Crippen LogP contribution in [-0.2, 0) is 6.42 Å². The van der Waals surface area contributed by atoms with Gasteiger partial charge in [0.25, 0.3) is 0 Å². The summed E-state index contributed by atoms with van der Waals surface area (Å²) in [5, 5.41) is 0. The first-order chi connectivity index (χ1) is 8.16. The minimum absolute atomic E-state index is 0.254. The van der Waals surface area contributed by atoms with Gasteiger partial charge in [0.2, 0.25) is 0 Å². The molecule has 4 heteroatoms. The normalized spacial score (nSPS) is 12.4. The highest BCUT2D eigenvalue weighted by molar-refractivity contribution is 9.11. The maximum absolute atomic E-state index is 4.34. The van der Waals surface area contributed by atoms with Gasteiger partial charge in [0.05, 0.1) is 0 Å². The van der Waals surface area contributed by atoms with Crippen molar-refractivity contribution in [3.63, 3.8) is 0 Å². The number of halogens is 3. The Morgan fingerprint density at radius 2 is 1.94 bits per heavy atom. The summed E-state index contributed by atoms with van der Waals surface area (Å²) < 4.78 is 2.19. The molecule has 0 aliphatic rings. The first-order valence-electron chi connectivity index (χ1n) is 5.16. The van der Waals surface area contributed by atoms with Gasteiger partial charge in [-0.1, -0.05) is 53.9 Å².